The quantitative estimate of drug-likeness (QED) is 0.561. The molecule has 88 valence electrons. The number of carbonyl (C=O) groups is 3. The number of urea groups is 1. The summed E-state index contributed by atoms with van der Waals surface area (Å²) >= 11 is 0. The fourth-order valence-electron chi connectivity index (χ4n) is 1.64. The Balaban J connectivity index is 2.76. The molecule has 1 fully saturated rings. The zero-order chi connectivity index (χ0) is 12.1. The van der Waals surface area contributed by atoms with Gasteiger partial charge in [-0.1, -0.05) is 19.4 Å². The number of imide groups is 2. The fourth-order valence-corrected chi connectivity index (χ4v) is 1.64. The van der Waals surface area contributed by atoms with Gasteiger partial charge in [0, 0.05) is 6.54 Å². The lowest BCUT2D eigenvalue weighted by atomic mass is 9.99. The number of barbiturate groups is 1. The highest BCUT2D eigenvalue weighted by Crippen LogP contribution is 2.16. The van der Waals surface area contributed by atoms with Gasteiger partial charge in [0.05, 0.1) is 0 Å². The molecule has 4 amide bonds. The maximum absolute atomic E-state index is 11.9. The maximum atomic E-state index is 11.9. The van der Waals surface area contributed by atoms with Gasteiger partial charge >= 0.3 is 6.03 Å². The molecule has 1 atom stereocenters. The minimum absolute atomic E-state index is 0.279. The molecule has 1 aliphatic heterocycles. The van der Waals surface area contributed by atoms with E-state index in [0.29, 0.717) is 12.8 Å². The van der Waals surface area contributed by atoms with Gasteiger partial charge in [-0.25, -0.2) is 4.79 Å². The molecule has 0 saturated carbocycles. The summed E-state index contributed by atoms with van der Waals surface area (Å²) in [7, 11) is 0. The van der Waals surface area contributed by atoms with Crippen molar-refractivity contribution in [1.82, 2.24) is 10.2 Å². The van der Waals surface area contributed by atoms with Crippen molar-refractivity contribution in [2.75, 3.05) is 6.54 Å². The Labute approximate surface area is 94.5 Å². The molecule has 0 aliphatic carbocycles. The Morgan fingerprint density at radius 3 is 2.69 bits per heavy atom. The van der Waals surface area contributed by atoms with Gasteiger partial charge < -0.3 is 0 Å². The monoisotopic (exact) mass is 224 g/mol. The Morgan fingerprint density at radius 1 is 1.44 bits per heavy atom. The molecule has 1 rings (SSSR count). The number of amides is 4. The molecule has 0 bridgehead atoms. The topological polar surface area (TPSA) is 66.5 Å². The Kier molecular flexibility index (Phi) is 4.22. The van der Waals surface area contributed by atoms with E-state index in [4.69, 9.17) is 0 Å². The molecule has 0 radical (unpaired) electrons. The van der Waals surface area contributed by atoms with Crippen molar-refractivity contribution in [1.29, 1.82) is 0 Å². The van der Waals surface area contributed by atoms with Crippen LogP contribution in [0, 0.1) is 5.92 Å². The SMILES string of the molecule is C=CCCN1C(=O)NC(=O)C(CCC)C1=O. The summed E-state index contributed by atoms with van der Waals surface area (Å²) in [4.78, 5) is 35.8. The van der Waals surface area contributed by atoms with Crippen LogP contribution in [0.2, 0.25) is 0 Å². The summed E-state index contributed by atoms with van der Waals surface area (Å²) in [6.45, 7) is 5.70. The normalized spacial score (nSPS) is 20.9. The van der Waals surface area contributed by atoms with Crippen LogP contribution in [0.3, 0.4) is 0 Å². The third-order valence-corrected chi connectivity index (χ3v) is 2.49. The molecule has 0 aromatic heterocycles. The number of carbonyl (C=O) groups excluding carboxylic acids is 3. The van der Waals surface area contributed by atoms with E-state index >= 15 is 0 Å². The lowest BCUT2D eigenvalue weighted by Crippen LogP contribution is -2.57. The number of rotatable bonds is 5. The third kappa shape index (κ3) is 2.48. The standard InChI is InChI=1S/C11H16N2O3/c1-3-5-7-13-10(15)8(6-4-2)9(14)12-11(13)16/h3,8H,1,4-7H2,2H3,(H,12,14,16). The predicted octanol–water partition coefficient (Wildman–Crippen LogP) is 1.06. The Morgan fingerprint density at radius 2 is 2.12 bits per heavy atom. The van der Waals surface area contributed by atoms with Crippen LogP contribution in [0.15, 0.2) is 12.7 Å². The van der Waals surface area contributed by atoms with Crippen molar-refractivity contribution in [3.8, 4) is 0 Å². The minimum Gasteiger partial charge on any atom is -0.277 e. The molecular formula is C11H16N2O3. The maximum Gasteiger partial charge on any atom is 0.330 e. The van der Waals surface area contributed by atoms with Crippen molar-refractivity contribution in [2.45, 2.75) is 26.2 Å². The average Bonchev–Trinajstić information content (AvgIpc) is 2.24. The van der Waals surface area contributed by atoms with Crippen molar-refractivity contribution in [2.24, 2.45) is 5.92 Å². The predicted molar refractivity (Wildman–Crippen MR) is 58.5 cm³/mol. The molecule has 5 nitrogen and oxygen atoms in total. The molecule has 1 heterocycles. The Hall–Kier alpha value is -1.65. The lowest BCUT2D eigenvalue weighted by Gasteiger charge is -2.29. The van der Waals surface area contributed by atoms with Crippen LogP contribution in [0.5, 0.6) is 0 Å². The van der Waals surface area contributed by atoms with Crippen LogP contribution in [0.25, 0.3) is 0 Å². The van der Waals surface area contributed by atoms with Crippen molar-refractivity contribution >= 4 is 17.8 Å². The molecule has 1 saturated heterocycles. The smallest absolute Gasteiger partial charge is 0.277 e. The van der Waals surface area contributed by atoms with Crippen LogP contribution in [-0.4, -0.2) is 29.3 Å². The fraction of sp³-hybridized carbons (Fsp3) is 0.545. The summed E-state index contributed by atoms with van der Waals surface area (Å²) < 4.78 is 0. The molecule has 5 heteroatoms. The van der Waals surface area contributed by atoms with Gasteiger partial charge in [0.1, 0.15) is 5.92 Å². The zero-order valence-electron chi connectivity index (χ0n) is 9.36. The first-order valence-electron chi connectivity index (χ1n) is 5.39. The lowest BCUT2D eigenvalue weighted by molar-refractivity contribution is -0.142. The van der Waals surface area contributed by atoms with Gasteiger partial charge in [-0.2, -0.15) is 0 Å². The second-order valence-corrected chi connectivity index (χ2v) is 3.70. The summed E-state index contributed by atoms with van der Waals surface area (Å²) in [6.07, 6.45) is 3.37. The summed E-state index contributed by atoms with van der Waals surface area (Å²) in [5, 5.41) is 2.20. The first kappa shape index (κ1) is 12.4. The van der Waals surface area contributed by atoms with E-state index in [1.165, 1.54) is 0 Å². The van der Waals surface area contributed by atoms with Crippen LogP contribution >= 0.6 is 0 Å². The molecular weight excluding hydrogens is 208 g/mol. The molecule has 0 aromatic carbocycles. The van der Waals surface area contributed by atoms with Gasteiger partial charge in [0.15, 0.2) is 0 Å². The van der Waals surface area contributed by atoms with Gasteiger partial charge in [-0.3, -0.25) is 19.8 Å². The molecule has 1 unspecified atom stereocenters. The highest BCUT2D eigenvalue weighted by atomic mass is 16.2. The summed E-state index contributed by atoms with van der Waals surface area (Å²) in [6, 6.07) is -0.621. The molecule has 0 aromatic rings. The highest BCUT2D eigenvalue weighted by molar-refractivity contribution is 6.16. The third-order valence-electron chi connectivity index (χ3n) is 2.49. The van der Waals surface area contributed by atoms with E-state index in [1.54, 1.807) is 6.08 Å². The molecule has 0 spiro atoms. The first-order valence-corrected chi connectivity index (χ1v) is 5.39. The van der Waals surface area contributed by atoms with E-state index in [0.717, 1.165) is 11.3 Å². The van der Waals surface area contributed by atoms with Crippen LogP contribution in [-0.2, 0) is 9.59 Å². The number of nitrogens with zero attached hydrogens (tertiary/aromatic N) is 1. The number of hydrogen-bond donors (Lipinski definition) is 1. The van der Waals surface area contributed by atoms with Crippen LogP contribution < -0.4 is 5.32 Å². The van der Waals surface area contributed by atoms with Crippen molar-refractivity contribution < 1.29 is 14.4 Å². The average molecular weight is 224 g/mol. The van der Waals surface area contributed by atoms with E-state index in [9.17, 15) is 14.4 Å². The molecule has 1 N–H and O–H groups in total. The minimum atomic E-state index is -0.715. The van der Waals surface area contributed by atoms with Crippen molar-refractivity contribution in [3.05, 3.63) is 12.7 Å². The van der Waals surface area contributed by atoms with Gasteiger partial charge in [0.2, 0.25) is 11.8 Å². The highest BCUT2D eigenvalue weighted by Gasteiger charge is 2.39. The van der Waals surface area contributed by atoms with Gasteiger partial charge in [0.25, 0.3) is 0 Å². The summed E-state index contributed by atoms with van der Waals surface area (Å²) in [5.41, 5.74) is 0. The van der Waals surface area contributed by atoms with E-state index < -0.39 is 23.8 Å². The first-order chi connectivity index (χ1) is 7.61. The van der Waals surface area contributed by atoms with Gasteiger partial charge in [-0.05, 0) is 12.8 Å². The van der Waals surface area contributed by atoms with E-state index in [-0.39, 0.29) is 6.54 Å². The largest absolute Gasteiger partial charge is 0.330 e. The number of hydrogen-bond acceptors (Lipinski definition) is 3. The zero-order valence-corrected chi connectivity index (χ0v) is 9.36. The Bertz CT molecular complexity index is 325. The van der Waals surface area contributed by atoms with Crippen LogP contribution in [0.1, 0.15) is 26.2 Å². The van der Waals surface area contributed by atoms with Crippen LogP contribution in [0.4, 0.5) is 4.79 Å². The second kappa shape index (κ2) is 5.44. The molecule has 1 aliphatic rings. The molecule has 16 heavy (non-hydrogen) atoms. The summed E-state index contributed by atoms with van der Waals surface area (Å²) in [5.74, 6) is -1.59. The van der Waals surface area contributed by atoms with E-state index in [1.807, 2.05) is 6.92 Å². The van der Waals surface area contributed by atoms with Crippen molar-refractivity contribution in [3.63, 3.8) is 0 Å². The number of nitrogens with one attached hydrogen (secondary N) is 1. The second-order valence-electron chi connectivity index (χ2n) is 3.70. The van der Waals surface area contributed by atoms with E-state index in [2.05, 4.69) is 11.9 Å². The van der Waals surface area contributed by atoms with Gasteiger partial charge in [-0.15, -0.1) is 6.58 Å².